The molecule has 20 heavy (non-hydrogen) atoms. The van der Waals surface area contributed by atoms with Gasteiger partial charge in [0.15, 0.2) is 0 Å². The van der Waals surface area contributed by atoms with Gasteiger partial charge in [-0.05, 0) is 28.8 Å². The standard InChI is InChI=1S/C15H11Cl2NO2/c16-12-6-10(7-13(17)15(12)18)11(8-14(19)20)9-4-2-1-3-5-9/h1-8H,18H2,(H,19,20). The quantitative estimate of drug-likeness (QED) is 0.663. The van der Waals surface area contributed by atoms with E-state index < -0.39 is 5.97 Å². The molecule has 0 atom stereocenters. The summed E-state index contributed by atoms with van der Waals surface area (Å²) in [5, 5.41) is 9.62. The lowest BCUT2D eigenvalue weighted by Crippen LogP contribution is -1.96. The van der Waals surface area contributed by atoms with Crippen molar-refractivity contribution in [1.29, 1.82) is 0 Å². The van der Waals surface area contributed by atoms with E-state index >= 15 is 0 Å². The third-order valence-electron chi connectivity index (χ3n) is 2.74. The molecule has 0 saturated heterocycles. The van der Waals surface area contributed by atoms with Gasteiger partial charge in [-0.15, -0.1) is 0 Å². The molecular weight excluding hydrogens is 297 g/mol. The first-order valence-corrected chi connectivity index (χ1v) is 6.49. The first kappa shape index (κ1) is 14.4. The summed E-state index contributed by atoms with van der Waals surface area (Å²) in [4.78, 5) is 11.0. The molecule has 0 heterocycles. The molecule has 2 rings (SSSR count). The zero-order chi connectivity index (χ0) is 14.7. The van der Waals surface area contributed by atoms with Gasteiger partial charge in [0.25, 0.3) is 0 Å². The van der Waals surface area contributed by atoms with Crippen LogP contribution in [0.2, 0.25) is 10.0 Å². The molecule has 0 fully saturated rings. The second-order valence-electron chi connectivity index (χ2n) is 4.12. The fourth-order valence-corrected chi connectivity index (χ4v) is 2.30. The van der Waals surface area contributed by atoms with Crippen molar-refractivity contribution >= 4 is 40.4 Å². The summed E-state index contributed by atoms with van der Waals surface area (Å²) in [6.45, 7) is 0. The molecule has 0 bridgehead atoms. The van der Waals surface area contributed by atoms with Gasteiger partial charge >= 0.3 is 5.97 Å². The second kappa shape index (κ2) is 5.99. The Morgan fingerprint density at radius 2 is 1.60 bits per heavy atom. The molecule has 0 spiro atoms. The number of benzene rings is 2. The van der Waals surface area contributed by atoms with Crippen molar-refractivity contribution < 1.29 is 9.90 Å². The Morgan fingerprint density at radius 3 is 2.10 bits per heavy atom. The largest absolute Gasteiger partial charge is 0.478 e. The molecule has 0 aliphatic rings. The predicted molar refractivity (Wildman–Crippen MR) is 82.0 cm³/mol. The van der Waals surface area contributed by atoms with E-state index in [1.165, 1.54) is 0 Å². The summed E-state index contributed by atoms with van der Waals surface area (Å²) in [6.07, 6.45) is 1.12. The van der Waals surface area contributed by atoms with E-state index in [9.17, 15) is 4.79 Å². The van der Waals surface area contributed by atoms with Crippen LogP contribution in [0, 0.1) is 0 Å². The minimum Gasteiger partial charge on any atom is -0.478 e. The molecule has 0 aliphatic heterocycles. The monoisotopic (exact) mass is 307 g/mol. The molecule has 3 nitrogen and oxygen atoms in total. The molecule has 102 valence electrons. The molecule has 0 saturated carbocycles. The van der Waals surface area contributed by atoms with Crippen molar-refractivity contribution in [3.8, 4) is 0 Å². The summed E-state index contributed by atoms with van der Waals surface area (Å²) in [5.41, 5.74) is 7.84. The Morgan fingerprint density at radius 1 is 1.05 bits per heavy atom. The first-order valence-electron chi connectivity index (χ1n) is 5.74. The highest BCUT2D eigenvalue weighted by Crippen LogP contribution is 2.33. The van der Waals surface area contributed by atoms with E-state index in [0.29, 0.717) is 21.2 Å². The van der Waals surface area contributed by atoms with Crippen LogP contribution in [-0.2, 0) is 4.79 Å². The maximum absolute atomic E-state index is 11.0. The molecular formula is C15H11Cl2NO2. The number of hydrogen-bond acceptors (Lipinski definition) is 2. The Labute approximate surface area is 126 Å². The topological polar surface area (TPSA) is 63.3 Å². The Hall–Kier alpha value is -1.97. The van der Waals surface area contributed by atoms with Crippen LogP contribution < -0.4 is 5.73 Å². The number of nitrogen functional groups attached to an aromatic ring is 1. The van der Waals surface area contributed by atoms with Crippen molar-refractivity contribution in [2.75, 3.05) is 5.73 Å². The number of carboxylic acids is 1. The molecule has 5 heteroatoms. The van der Waals surface area contributed by atoms with Gasteiger partial charge < -0.3 is 10.8 Å². The van der Waals surface area contributed by atoms with Crippen LogP contribution in [0.25, 0.3) is 5.57 Å². The van der Waals surface area contributed by atoms with Gasteiger partial charge in [0.1, 0.15) is 0 Å². The fraction of sp³-hybridized carbons (Fsp3) is 0. The normalized spacial score (nSPS) is 11.4. The fourth-order valence-electron chi connectivity index (χ4n) is 1.81. The van der Waals surface area contributed by atoms with Crippen LogP contribution in [0.4, 0.5) is 5.69 Å². The summed E-state index contributed by atoms with van der Waals surface area (Å²) < 4.78 is 0. The molecule has 0 amide bonds. The van der Waals surface area contributed by atoms with E-state index in [2.05, 4.69) is 0 Å². The number of anilines is 1. The average Bonchev–Trinajstić information content (AvgIpc) is 2.42. The zero-order valence-electron chi connectivity index (χ0n) is 10.3. The lowest BCUT2D eigenvalue weighted by Gasteiger charge is -2.10. The van der Waals surface area contributed by atoms with E-state index in [1.807, 2.05) is 30.3 Å². The summed E-state index contributed by atoms with van der Waals surface area (Å²) in [6, 6.07) is 12.3. The molecule has 2 aromatic carbocycles. The predicted octanol–water partition coefficient (Wildman–Crippen LogP) is 4.09. The number of carboxylic acid groups (broad SMARTS) is 1. The van der Waals surface area contributed by atoms with E-state index in [4.69, 9.17) is 34.0 Å². The number of halogens is 2. The number of hydrogen-bond donors (Lipinski definition) is 2. The summed E-state index contributed by atoms with van der Waals surface area (Å²) in [7, 11) is 0. The highest BCUT2D eigenvalue weighted by molar-refractivity contribution is 6.39. The van der Waals surface area contributed by atoms with Crippen molar-refractivity contribution in [2.45, 2.75) is 0 Å². The lowest BCUT2D eigenvalue weighted by molar-refractivity contribution is -0.131. The maximum Gasteiger partial charge on any atom is 0.328 e. The van der Waals surface area contributed by atoms with Crippen LogP contribution in [0.5, 0.6) is 0 Å². The Kier molecular flexibility index (Phi) is 4.32. The van der Waals surface area contributed by atoms with Gasteiger partial charge in [0, 0.05) is 6.08 Å². The molecule has 0 unspecified atom stereocenters. The van der Waals surface area contributed by atoms with E-state index in [-0.39, 0.29) is 5.69 Å². The average molecular weight is 308 g/mol. The third kappa shape index (κ3) is 3.13. The first-order chi connectivity index (χ1) is 9.49. The van der Waals surface area contributed by atoms with Crippen LogP contribution in [0.15, 0.2) is 48.5 Å². The van der Waals surface area contributed by atoms with Crippen molar-refractivity contribution in [3.05, 3.63) is 69.7 Å². The number of aliphatic carboxylic acids is 1. The van der Waals surface area contributed by atoms with Crippen LogP contribution in [-0.4, -0.2) is 11.1 Å². The summed E-state index contributed by atoms with van der Waals surface area (Å²) in [5.74, 6) is -1.05. The van der Waals surface area contributed by atoms with Gasteiger partial charge in [0.05, 0.1) is 15.7 Å². The zero-order valence-corrected chi connectivity index (χ0v) is 11.8. The highest BCUT2D eigenvalue weighted by atomic mass is 35.5. The van der Waals surface area contributed by atoms with Crippen molar-refractivity contribution in [3.63, 3.8) is 0 Å². The van der Waals surface area contributed by atoms with Gasteiger partial charge in [-0.3, -0.25) is 0 Å². The third-order valence-corrected chi connectivity index (χ3v) is 3.37. The molecule has 0 aliphatic carbocycles. The minimum absolute atomic E-state index is 0.278. The lowest BCUT2D eigenvalue weighted by atomic mass is 9.97. The number of carbonyl (C=O) groups is 1. The van der Waals surface area contributed by atoms with Crippen molar-refractivity contribution in [2.24, 2.45) is 0 Å². The molecule has 0 aromatic heterocycles. The molecule has 2 aromatic rings. The van der Waals surface area contributed by atoms with E-state index in [1.54, 1.807) is 12.1 Å². The Balaban J connectivity index is 2.62. The van der Waals surface area contributed by atoms with Gasteiger partial charge in [-0.1, -0.05) is 53.5 Å². The Bertz CT molecular complexity index is 659. The maximum atomic E-state index is 11.0. The SMILES string of the molecule is Nc1c(Cl)cc(C(=CC(=O)O)c2ccccc2)cc1Cl. The van der Waals surface area contributed by atoms with Crippen LogP contribution in [0.1, 0.15) is 11.1 Å². The summed E-state index contributed by atoms with van der Waals surface area (Å²) >= 11 is 12.0. The van der Waals surface area contributed by atoms with Gasteiger partial charge in [-0.2, -0.15) is 0 Å². The minimum atomic E-state index is -1.05. The van der Waals surface area contributed by atoms with Crippen LogP contribution in [0.3, 0.4) is 0 Å². The highest BCUT2D eigenvalue weighted by Gasteiger charge is 2.11. The molecule has 3 N–H and O–H groups in total. The number of nitrogens with two attached hydrogens (primary N) is 1. The van der Waals surface area contributed by atoms with Gasteiger partial charge in [-0.25, -0.2) is 4.79 Å². The smallest absolute Gasteiger partial charge is 0.328 e. The second-order valence-corrected chi connectivity index (χ2v) is 4.93. The van der Waals surface area contributed by atoms with Crippen molar-refractivity contribution in [1.82, 2.24) is 0 Å². The molecule has 0 radical (unpaired) electrons. The van der Waals surface area contributed by atoms with Crippen LogP contribution >= 0.6 is 23.2 Å². The number of rotatable bonds is 3. The van der Waals surface area contributed by atoms with E-state index in [0.717, 1.165) is 11.6 Å². The van der Waals surface area contributed by atoms with Gasteiger partial charge in [0.2, 0.25) is 0 Å².